The van der Waals surface area contributed by atoms with Crippen LogP contribution < -0.4 is 21.5 Å². The van der Waals surface area contributed by atoms with Gasteiger partial charge >= 0.3 is 0 Å². The molecule has 5 N–H and O–H groups in total. The Morgan fingerprint density at radius 3 is 2.54 bits per heavy atom. The summed E-state index contributed by atoms with van der Waals surface area (Å²) in [5.74, 6) is -1.39. The van der Waals surface area contributed by atoms with Crippen molar-refractivity contribution < 1.29 is 19.1 Å². The molecule has 0 fully saturated rings. The van der Waals surface area contributed by atoms with Crippen LogP contribution in [0.25, 0.3) is 0 Å². The average molecular weight is 394 g/mol. The molecule has 0 saturated carbocycles. The molecule has 0 radical (unpaired) electrons. The highest BCUT2D eigenvalue weighted by atomic mass is 35.5. The molecule has 0 aromatic heterocycles. The van der Waals surface area contributed by atoms with Crippen molar-refractivity contribution in [1.29, 1.82) is 0 Å². The minimum atomic E-state index is -0.690. The van der Waals surface area contributed by atoms with E-state index in [9.17, 15) is 14.4 Å². The molecule has 26 heavy (non-hydrogen) atoms. The van der Waals surface area contributed by atoms with Crippen molar-refractivity contribution >= 4 is 46.8 Å². The van der Waals surface area contributed by atoms with E-state index in [1.165, 1.54) is 30.0 Å². The third kappa shape index (κ3) is 5.68. The smallest absolute Gasteiger partial charge is 0.262 e. The number of para-hydroxylation sites is 1. The van der Waals surface area contributed by atoms with Crippen molar-refractivity contribution in [3.8, 4) is 5.75 Å². The summed E-state index contributed by atoms with van der Waals surface area (Å²) in [6.07, 6.45) is 0. The average Bonchev–Trinajstić information content (AvgIpc) is 2.59. The van der Waals surface area contributed by atoms with Crippen LogP contribution in [0.4, 0.5) is 5.69 Å². The van der Waals surface area contributed by atoms with Gasteiger partial charge in [0.05, 0.1) is 17.0 Å². The molecule has 136 valence electrons. The zero-order valence-electron chi connectivity index (χ0n) is 13.5. The van der Waals surface area contributed by atoms with Crippen molar-refractivity contribution in [1.82, 2.24) is 0 Å². The number of thioether (sulfide) groups is 1. The first-order valence-electron chi connectivity index (χ1n) is 7.39. The lowest BCUT2D eigenvalue weighted by atomic mass is 10.2. The number of nitrogens with one attached hydrogen (secondary N) is 1. The number of hydrogen-bond donors (Lipinski definition) is 3. The highest BCUT2D eigenvalue weighted by molar-refractivity contribution is 8.00. The summed E-state index contributed by atoms with van der Waals surface area (Å²) in [5, 5.41) is 3.03. The summed E-state index contributed by atoms with van der Waals surface area (Å²) >= 11 is 7.09. The van der Waals surface area contributed by atoms with Crippen LogP contribution in [-0.4, -0.2) is 30.1 Å². The van der Waals surface area contributed by atoms with Crippen molar-refractivity contribution in [3.05, 3.63) is 53.1 Å². The maximum Gasteiger partial charge on any atom is 0.262 e. The van der Waals surface area contributed by atoms with Crippen LogP contribution in [-0.2, 0) is 9.59 Å². The molecule has 0 unspecified atom stereocenters. The number of nitrogens with two attached hydrogens (primary N) is 2. The molecular formula is C17H16ClN3O4S. The number of rotatable bonds is 8. The van der Waals surface area contributed by atoms with E-state index in [1.54, 1.807) is 24.3 Å². The number of carbonyl (C=O) groups excluding carboxylic acids is 3. The van der Waals surface area contributed by atoms with E-state index >= 15 is 0 Å². The molecule has 0 saturated heterocycles. The van der Waals surface area contributed by atoms with Crippen LogP contribution in [0.3, 0.4) is 0 Å². The molecule has 3 amide bonds. The Kier molecular flexibility index (Phi) is 6.88. The molecule has 7 nitrogen and oxygen atoms in total. The normalized spacial score (nSPS) is 10.2. The SMILES string of the molecule is NC(=O)CSc1ccccc1NC(=O)COc1cc(Cl)ccc1C(N)=O. The lowest BCUT2D eigenvalue weighted by Gasteiger charge is -2.12. The Morgan fingerprint density at radius 2 is 1.85 bits per heavy atom. The molecule has 0 aliphatic rings. The van der Waals surface area contributed by atoms with Crippen molar-refractivity contribution in [2.24, 2.45) is 11.5 Å². The lowest BCUT2D eigenvalue weighted by molar-refractivity contribution is -0.118. The van der Waals surface area contributed by atoms with E-state index in [2.05, 4.69) is 5.32 Å². The molecule has 0 bridgehead atoms. The molecule has 0 aliphatic carbocycles. The molecule has 2 aromatic carbocycles. The summed E-state index contributed by atoms with van der Waals surface area (Å²) in [7, 11) is 0. The zero-order valence-corrected chi connectivity index (χ0v) is 15.1. The fraction of sp³-hybridized carbons (Fsp3) is 0.118. The fourth-order valence-electron chi connectivity index (χ4n) is 1.99. The third-order valence-electron chi connectivity index (χ3n) is 3.10. The minimum absolute atomic E-state index is 0.0911. The predicted molar refractivity (Wildman–Crippen MR) is 100 cm³/mol. The number of benzene rings is 2. The van der Waals surface area contributed by atoms with E-state index < -0.39 is 17.7 Å². The molecule has 0 heterocycles. The Labute approximate surface area is 159 Å². The first-order valence-corrected chi connectivity index (χ1v) is 8.75. The van der Waals surface area contributed by atoms with Gasteiger partial charge in [-0.15, -0.1) is 11.8 Å². The second-order valence-corrected chi connectivity index (χ2v) is 6.55. The highest BCUT2D eigenvalue weighted by Crippen LogP contribution is 2.27. The van der Waals surface area contributed by atoms with Gasteiger partial charge in [0.15, 0.2) is 6.61 Å². The molecule has 9 heteroatoms. The van der Waals surface area contributed by atoms with Crippen LogP contribution in [0.1, 0.15) is 10.4 Å². The number of primary amides is 2. The first-order chi connectivity index (χ1) is 12.4. The largest absolute Gasteiger partial charge is 0.483 e. The van der Waals surface area contributed by atoms with Gasteiger partial charge in [0, 0.05) is 9.92 Å². The maximum atomic E-state index is 12.2. The van der Waals surface area contributed by atoms with Gasteiger partial charge in [0.2, 0.25) is 5.91 Å². The van der Waals surface area contributed by atoms with E-state index in [-0.39, 0.29) is 23.7 Å². The summed E-state index contributed by atoms with van der Waals surface area (Å²) in [5.41, 5.74) is 11.1. The monoisotopic (exact) mass is 393 g/mol. The molecule has 2 rings (SSSR count). The molecule has 0 aliphatic heterocycles. The lowest BCUT2D eigenvalue weighted by Crippen LogP contribution is -2.22. The number of hydrogen-bond acceptors (Lipinski definition) is 5. The topological polar surface area (TPSA) is 125 Å². The number of halogens is 1. The molecule has 2 aromatic rings. The Balaban J connectivity index is 2.03. The van der Waals surface area contributed by atoms with Crippen LogP contribution >= 0.6 is 23.4 Å². The van der Waals surface area contributed by atoms with Gasteiger partial charge in [-0.25, -0.2) is 0 Å². The summed E-state index contributed by atoms with van der Waals surface area (Å²) in [6, 6.07) is 11.3. The molecule has 0 spiro atoms. The van der Waals surface area contributed by atoms with Crippen molar-refractivity contribution in [3.63, 3.8) is 0 Å². The first kappa shape index (κ1) is 19.6. The van der Waals surface area contributed by atoms with Gasteiger partial charge in [-0.1, -0.05) is 23.7 Å². The van der Waals surface area contributed by atoms with E-state index in [0.29, 0.717) is 15.6 Å². The number of carbonyl (C=O) groups is 3. The second kappa shape index (κ2) is 9.12. The Hall–Kier alpha value is -2.71. The van der Waals surface area contributed by atoms with Gasteiger partial charge in [0.1, 0.15) is 5.75 Å². The Morgan fingerprint density at radius 1 is 1.12 bits per heavy atom. The maximum absolute atomic E-state index is 12.2. The third-order valence-corrected chi connectivity index (χ3v) is 4.43. The molecular weight excluding hydrogens is 378 g/mol. The van der Waals surface area contributed by atoms with Gasteiger partial charge in [-0.3, -0.25) is 14.4 Å². The summed E-state index contributed by atoms with van der Waals surface area (Å²) < 4.78 is 5.37. The molecule has 0 atom stereocenters. The van der Waals surface area contributed by atoms with E-state index in [0.717, 1.165) is 0 Å². The second-order valence-electron chi connectivity index (χ2n) is 5.09. The predicted octanol–water partition coefficient (Wildman–Crippen LogP) is 2.03. The van der Waals surface area contributed by atoms with Crippen molar-refractivity contribution in [2.45, 2.75) is 4.90 Å². The standard InChI is InChI=1S/C17H16ClN3O4S/c18-10-5-6-11(17(20)24)13(7-10)25-8-16(23)21-12-3-1-2-4-14(12)26-9-15(19)22/h1-7H,8-9H2,(H2,19,22)(H2,20,24)(H,21,23). The van der Waals surface area contributed by atoms with Gasteiger partial charge in [0.25, 0.3) is 11.8 Å². The highest BCUT2D eigenvalue weighted by Gasteiger charge is 2.13. The minimum Gasteiger partial charge on any atom is -0.483 e. The number of anilines is 1. The summed E-state index contributed by atoms with van der Waals surface area (Å²) in [6.45, 7) is -0.352. The van der Waals surface area contributed by atoms with Gasteiger partial charge in [-0.2, -0.15) is 0 Å². The summed E-state index contributed by atoms with van der Waals surface area (Å²) in [4.78, 5) is 35.2. The van der Waals surface area contributed by atoms with Crippen LogP contribution in [0.2, 0.25) is 5.02 Å². The van der Waals surface area contributed by atoms with E-state index in [1.807, 2.05) is 0 Å². The van der Waals surface area contributed by atoms with Crippen molar-refractivity contribution in [2.75, 3.05) is 17.7 Å². The van der Waals surface area contributed by atoms with E-state index in [4.69, 9.17) is 27.8 Å². The van der Waals surface area contributed by atoms with Crippen LogP contribution in [0.5, 0.6) is 5.75 Å². The van der Waals surface area contributed by atoms with Crippen LogP contribution in [0, 0.1) is 0 Å². The quantitative estimate of drug-likeness (QED) is 0.592. The zero-order chi connectivity index (χ0) is 19.1. The van der Waals surface area contributed by atoms with Crippen LogP contribution in [0.15, 0.2) is 47.4 Å². The number of amides is 3. The van der Waals surface area contributed by atoms with Gasteiger partial charge in [-0.05, 0) is 30.3 Å². The number of ether oxygens (including phenoxy) is 1. The van der Waals surface area contributed by atoms with Gasteiger partial charge < -0.3 is 21.5 Å². The fourth-order valence-corrected chi connectivity index (χ4v) is 2.90. The Bertz CT molecular complexity index is 845.